The maximum atomic E-state index is 13.0. The zero-order valence-electron chi connectivity index (χ0n) is 17.5. The van der Waals surface area contributed by atoms with Gasteiger partial charge < -0.3 is 10.1 Å². The predicted molar refractivity (Wildman–Crippen MR) is 114 cm³/mol. The highest BCUT2D eigenvalue weighted by Crippen LogP contribution is 2.22. The number of aryl methyl sites for hydroxylation is 1. The number of nitrogens with one attached hydrogen (secondary N) is 1. The van der Waals surface area contributed by atoms with Crippen molar-refractivity contribution in [1.82, 2.24) is 10.2 Å². The molecule has 0 aliphatic carbocycles. The zero-order chi connectivity index (χ0) is 20.8. The molecule has 2 atom stereocenters. The smallest absolute Gasteiger partial charge is 0.337 e. The first kappa shape index (κ1) is 21.1. The molecule has 1 N–H and O–H groups in total. The van der Waals surface area contributed by atoms with Crippen LogP contribution < -0.4 is 5.32 Å². The third kappa shape index (κ3) is 5.45. The van der Waals surface area contributed by atoms with Gasteiger partial charge >= 0.3 is 5.97 Å². The molecule has 5 heteroatoms. The number of nitrogens with zero attached hydrogens (tertiary/aromatic N) is 1. The fraction of sp³-hybridized carbons (Fsp3) is 0.417. The van der Waals surface area contributed by atoms with Crippen LogP contribution >= 0.6 is 0 Å². The van der Waals surface area contributed by atoms with E-state index in [1.54, 1.807) is 12.1 Å². The fourth-order valence-corrected chi connectivity index (χ4v) is 3.94. The van der Waals surface area contributed by atoms with Gasteiger partial charge in [-0.15, -0.1) is 0 Å². The van der Waals surface area contributed by atoms with Crippen molar-refractivity contribution in [3.63, 3.8) is 0 Å². The molecule has 154 valence electrons. The lowest BCUT2D eigenvalue weighted by molar-refractivity contribution is -0.128. The van der Waals surface area contributed by atoms with E-state index in [0.717, 1.165) is 37.9 Å². The molecule has 1 amide bonds. The highest BCUT2D eigenvalue weighted by atomic mass is 16.5. The Morgan fingerprint density at radius 1 is 1.17 bits per heavy atom. The van der Waals surface area contributed by atoms with Gasteiger partial charge in [-0.25, -0.2) is 4.79 Å². The predicted octanol–water partition coefficient (Wildman–Crippen LogP) is 4.01. The van der Waals surface area contributed by atoms with Gasteiger partial charge in [-0.05, 0) is 56.5 Å². The molecule has 2 aromatic rings. The average molecular weight is 395 g/mol. The molecule has 1 aliphatic heterocycles. The van der Waals surface area contributed by atoms with Gasteiger partial charge in [-0.2, -0.15) is 0 Å². The molecular formula is C24H30N2O3. The van der Waals surface area contributed by atoms with E-state index in [0.29, 0.717) is 5.56 Å². The summed E-state index contributed by atoms with van der Waals surface area (Å²) in [5.74, 6) is -0.288. The molecule has 1 saturated heterocycles. The number of carbonyl (C=O) groups excluding carboxylic acids is 2. The molecule has 0 spiro atoms. The van der Waals surface area contributed by atoms with E-state index in [9.17, 15) is 9.59 Å². The summed E-state index contributed by atoms with van der Waals surface area (Å²) in [5, 5.41) is 3.16. The van der Waals surface area contributed by atoms with Crippen LogP contribution in [0.4, 0.5) is 0 Å². The summed E-state index contributed by atoms with van der Waals surface area (Å²) in [4.78, 5) is 26.9. The van der Waals surface area contributed by atoms with E-state index in [1.807, 2.05) is 19.1 Å². The van der Waals surface area contributed by atoms with Gasteiger partial charge in [0.15, 0.2) is 0 Å². The van der Waals surface area contributed by atoms with Crippen molar-refractivity contribution in [2.24, 2.45) is 0 Å². The molecular weight excluding hydrogens is 364 g/mol. The van der Waals surface area contributed by atoms with E-state index in [-0.39, 0.29) is 24.0 Å². The largest absolute Gasteiger partial charge is 0.465 e. The normalized spacial score (nSPS) is 18.1. The molecule has 1 heterocycles. The molecule has 0 saturated carbocycles. The molecule has 1 aliphatic rings. The van der Waals surface area contributed by atoms with Crippen molar-refractivity contribution in [3.05, 3.63) is 70.8 Å². The minimum Gasteiger partial charge on any atom is -0.465 e. The summed E-state index contributed by atoms with van der Waals surface area (Å²) in [5.41, 5.74) is 3.96. The standard InChI is InChI=1S/C24H30N2O3/c1-17-7-6-8-19(15-17)16-26-14-5-4-9-22(26)23(27)25-18(2)20-10-12-21(13-11-20)24(28)29-3/h6-8,10-13,15,18,22H,4-5,9,14,16H2,1-3H3,(H,25,27). The number of hydrogen-bond donors (Lipinski definition) is 1. The number of benzene rings is 2. The number of esters is 1. The van der Waals surface area contributed by atoms with Crippen LogP contribution in [0.1, 0.15) is 59.3 Å². The Hall–Kier alpha value is -2.66. The van der Waals surface area contributed by atoms with E-state index >= 15 is 0 Å². The number of carbonyl (C=O) groups is 2. The second-order valence-electron chi connectivity index (χ2n) is 7.81. The number of hydrogen-bond acceptors (Lipinski definition) is 4. The minimum atomic E-state index is -0.359. The number of likely N-dealkylation sites (tertiary alicyclic amines) is 1. The Labute approximate surface area is 173 Å². The Balaban J connectivity index is 1.64. The van der Waals surface area contributed by atoms with Crippen molar-refractivity contribution >= 4 is 11.9 Å². The van der Waals surface area contributed by atoms with Crippen LogP contribution in [0.3, 0.4) is 0 Å². The lowest BCUT2D eigenvalue weighted by atomic mass is 9.99. The highest BCUT2D eigenvalue weighted by Gasteiger charge is 2.29. The number of ether oxygens (including phenoxy) is 1. The second-order valence-corrected chi connectivity index (χ2v) is 7.81. The van der Waals surface area contributed by atoms with Gasteiger partial charge in [-0.3, -0.25) is 9.69 Å². The number of piperidine rings is 1. The number of amides is 1. The molecule has 29 heavy (non-hydrogen) atoms. The summed E-state index contributed by atoms with van der Waals surface area (Å²) >= 11 is 0. The van der Waals surface area contributed by atoms with Crippen molar-refractivity contribution in [3.8, 4) is 0 Å². The average Bonchev–Trinajstić information content (AvgIpc) is 2.73. The van der Waals surface area contributed by atoms with Crippen molar-refractivity contribution in [1.29, 1.82) is 0 Å². The number of rotatable bonds is 6. The molecule has 3 rings (SSSR count). The fourth-order valence-electron chi connectivity index (χ4n) is 3.94. The monoisotopic (exact) mass is 394 g/mol. The Morgan fingerprint density at radius 2 is 1.93 bits per heavy atom. The van der Waals surface area contributed by atoms with Gasteiger partial charge in [-0.1, -0.05) is 48.4 Å². The Kier molecular flexibility index (Phi) is 7.04. The van der Waals surface area contributed by atoms with E-state index in [1.165, 1.54) is 18.2 Å². The van der Waals surface area contributed by atoms with Gasteiger partial charge in [0, 0.05) is 6.54 Å². The molecule has 1 fully saturated rings. The first-order valence-electron chi connectivity index (χ1n) is 10.3. The van der Waals surface area contributed by atoms with Gasteiger partial charge in [0.05, 0.1) is 24.8 Å². The topological polar surface area (TPSA) is 58.6 Å². The number of methoxy groups -OCH3 is 1. The van der Waals surface area contributed by atoms with E-state index in [4.69, 9.17) is 4.74 Å². The maximum absolute atomic E-state index is 13.0. The van der Waals surface area contributed by atoms with Crippen molar-refractivity contribution < 1.29 is 14.3 Å². The molecule has 2 unspecified atom stereocenters. The molecule has 2 aromatic carbocycles. The van der Waals surface area contributed by atoms with Crippen LogP contribution in [0.25, 0.3) is 0 Å². The Bertz CT molecular complexity index is 847. The summed E-state index contributed by atoms with van der Waals surface area (Å²) < 4.78 is 4.73. The van der Waals surface area contributed by atoms with Crippen LogP contribution in [0.2, 0.25) is 0 Å². The third-order valence-corrected chi connectivity index (χ3v) is 5.58. The summed E-state index contributed by atoms with van der Waals surface area (Å²) in [6, 6.07) is 15.4. The van der Waals surface area contributed by atoms with Crippen molar-refractivity contribution in [2.75, 3.05) is 13.7 Å². The zero-order valence-corrected chi connectivity index (χ0v) is 17.5. The van der Waals surface area contributed by atoms with Gasteiger partial charge in [0.1, 0.15) is 0 Å². The van der Waals surface area contributed by atoms with Crippen LogP contribution in [0, 0.1) is 6.92 Å². The first-order valence-corrected chi connectivity index (χ1v) is 10.3. The Morgan fingerprint density at radius 3 is 2.62 bits per heavy atom. The molecule has 0 bridgehead atoms. The van der Waals surface area contributed by atoms with Crippen LogP contribution in [-0.4, -0.2) is 36.5 Å². The SMILES string of the molecule is COC(=O)c1ccc(C(C)NC(=O)C2CCCCN2Cc2cccc(C)c2)cc1. The van der Waals surface area contributed by atoms with Gasteiger partial charge in [0.2, 0.25) is 5.91 Å². The minimum absolute atomic E-state index is 0.0712. The summed E-state index contributed by atoms with van der Waals surface area (Å²) in [6.45, 7) is 5.80. The molecule has 0 aromatic heterocycles. The van der Waals surface area contributed by atoms with Crippen LogP contribution in [0.15, 0.2) is 48.5 Å². The van der Waals surface area contributed by atoms with Crippen LogP contribution in [-0.2, 0) is 16.1 Å². The molecule has 0 radical (unpaired) electrons. The lowest BCUT2D eigenvalue weighted by Crippen LogP contribution is -2.49. The summed E-state index contributed by atoms with van der Waals surface area (Å²) in [7, 11) is 1.37. The van der Waals surface area contributed by atoms with Crippen LogP contribution in [0.5, 0.6) is 0 Å². The third-order valence-electron chi connectivity index (χ3n) is 5.58. The van der Waals surface area contributed by atoms with Crippen molar-refractivity contribution in [2.45, 2.75) is 51.7 Å². The maximum Gasteiger partial charge on any atom is 0.337 e. The van der Waals surface area contributed by atoms with Gasteiger partial charge in [0.25, 0.3) is 0 Å². The second kappa shape index (κ2) is 9.70. The van der Waals surface area contributed by atoms with E-state index < -0.39 is 0 Å². The highest BCUT2D eigenvalue weighted by molar-refractivity contribution is 5.89. The van der Waals surface area contributed by atoms with E-state index in [2.05, 4.69) is 41.4 Å². The summed E-state index contributed by atoms with van der Waals surface area (Å²) in [6.07, 6.45) is 3.08. The molecule has 5 nitrogen and oxygen atoms in total. The first-order chi connectivity index (χ1) is 14.0. The lowest BCUT2D eigenvalue weighted by Gasteiger charge is -2.35. The quantitative estimate of drug-likeness (QED) is 0.752.